The molecule has 0 N–H and O–H groups in total. The maximum atomic E-state index is 10.9. The Morgan fingerprint density at radius 2 is 1.95 bits per heavy atom. The Kier molecular flexibility index (Phi) is 6.95. The fraction of sp³-hybridized carbons (Fsp3) is 0.571. The first-order chi connectivity index (χ1) is 9.49. The van der Waals surface area contributed by atoms with E-state index in [2.05, 4.69) is 32.7 Å². The third kappa shape index (κ3) is 4.76. The molecule has 0 fully saturated rings. The first kappa shape index (κ1) is 16.9. The maximum Gasteiger partial charge on any atom is 0.269 e. The zero-order chi connectivity index (χ0) is 15.1. The number of non-ortho nitro benzene ring substituents is 1. The van der Waals surface area contributed by atoms with Gasteiger partial charge in [-0.25, -0.2) is 0 Å². The molecule has 6 heteroatoms. The first-order valence-corrected chi connectivity index (χ1v) is 7.84. The van der Waals surface area contributed by atoms with Gasteiger partial charge in [0.1, 0.15) is 0 Å². The second-order valence-electron chi connectivity index (χ2n) is 4.99. The quantitative estimate of drug-likeness (QED) is 0.413. The van der Waals surface area contributed by atoms with Gasteiger partial charge in [0.2, 0.25) is 0 Å². The molecule has 0 saturated heterocycles. The molecule has 0 bridgehead atoms. The minimum Gasteiger partial charge on any atom is -0.370 e. The highest BCUT2D eigenvalue weighted by atomic mass is 79.9. The van der Waals surface area contributed by atoms with Crippen molar-refractivity contribution in [2.75, 3.05) is 38.6 Å². The van der Waals surface area contributed by atoms with E-state index in [0.717, 1.165) is 37.3 Å². The van der Waals surface area contributed by atoms with Gasteiger partial charge >= 0.3 is 0 Å². The van der Waals surface area contributed by atoms with Crippen molar-refractivity contribution in [3.05, 3.63) is 33.9 Å². The second kappa shape index (κ2) is 8.21. The number of benzene rings is 1. The molecule has 0 atom stereocenters. The van der Waals surface area contributed by atoms with Gasteiger partial charge in [0.05, 0.1) is 4.92 Å². The molecule has 1 aromatic rings. The molecule has 0 heterocycles. The van der Waals surface area contributed by atoms with Crippen LogP contribution in [0.15, 0.2) is 18.2 Å². The van der Waals surface area contributed by atoms with Crippen LogP contribution < -0.4 is 4.90 Å². The van der Waals surface area contributed by atoms with Gasteiger partial charge in [0, 0.05) is 42.8 Å². The van der Waals surface area contributed by atoms with Crippen LogP contribution in [-0.4, -0.2) is 43.6 Å². The number of halogens is 1. The summed E-state index contributed by atoms with van der Waals surface area (Å²) in [6.07, 6.45) is 1.05. The maximum absolute atomic E-state index is 10.9. The average Bonchev–Trinajstić information content (AvgIpc) is 2.42. The van der Waals surface area contributed by atoms with Crippen LogP contribution in [0.3, 0.4) is 0 Å². The average molecular weight is 344 g/mol. The number of hydrogen-bond acceptors (Lipinski definition) is 4. The molecule has 20 heavy (non-hydrogen) atoms. The normalized spacial score (nSPS) is 10.8. The molecule has 1 rings (SSSR count). The zero-order valence-electron chi connectivity index (χ0n) is 12.3. The fourth-order valence-electron chi connectivity index (χ4n) is 2.04. The molecule has 0 aromatic heterocycles. The highest BCUT2D eigenvalue weighted by Crippen LogP contribution is 2.27. The van der Waals surface area contributed by atoms with Crippen LogP contribution in [0, 0.1) is 10.1 Å². The lowest BCUT2D eigenvalue weighted by molar-refractivity contribution is -0.384. The Morgan fingerprint density at radius 1 is 1.25 bits per heavy atom. The Hall–Kier alpha value is -1.14. The van der Waals surface area contributed by atoms with Gasteiger partial charge in [-0.1, -0.05) is 22.9 Å². The molecule has 0 aliphatic carbocycles. The van der Waals surface area contributed by atoms with Crippen molar-refractivity contribution in [1.29, 1.82) is 0 Å². The molecular weight excluding hydrogens is 322 g/mol. The van der Waals surface area contributed by atoms with E-state index in [0.29, 0.717) is 5.33 Å². The van der Waals surface area contributed by atoms with Crippen LogP contribution >= 0.6 is 15.9 Å². The van der Waals surface area contributed by atoms with E-state index in [9.17, 15) is 10.1 Å². The standard InChI is InChI=1S/C14H22BrN3O2/c1-4-7-17(9-8-16(2)3)14-6-5-13(18(19)20)10-12(14)11-15/h5-6,10H,4,7-9,11H2,1-3H3. The molecule has 0 radical (unpaired) electrons. The van der Waals surface area contributed by atoms with Crippen LogP contribution in [0.2, 0.25) is 0 Å². The SMILES string of the molecule is CCCN(CCN(C)C)c1ccc([N+](=O)[O-])cc1CBr. The summed E-state index contributed by atoms with van der Waals surface area (Å²) in [5, 5.41) is 11.5. The number of rotatable bonds is 8. The van der Waals surface area contributed by atoms with Gasteiger partial charge in [0.15, 0.2) is 0 Å². The summed E-state index contributed by atoms with van der Waals surface area (Å²) in [5.74, 6) is 0. The number of nitro groups is 1. The topological polar surface area (TPSA) is 49.6 Å². The third-order valence-corrected chi connectivity index (χ3v) is 3.67. The summed E-state index contributed by atoms with van der Waals surface area (Å²) in [6, 6.07) is 5.10. The number of anilines is 1. The summed E-state index contributed by atoms with van der Waals surface area (Å²) >= 11 is 3.43. The van der Waals surface area contributed by atoms with Gasteiger partial charge in [-0.05, 0) is 32.1 Å². The highest BCUT2D eigenvalue weighted by molar-refractivity contribution is 9.08. The summed E-state index contributed by atoms with van der Waals surface area (Å²) in [7, 11) is 4.09. The number of alkyl halides is 1. The molecule has 0 aliphatic heterocycles. The van der Waals surface area contributed by atoms with Crippen molar-refractivity contribution in [3.8, 4) is 0 Å². The van der Waals surface area contributed by atoms with E-state index in [1.54, 1.807) is 12.1 Å². The smallest absolute Gasteiger partial charge is 0.269 e. The van der Waals surface area contributed by atoms with Crippen molar-refractivity contribution in [3.63, 3.8) is 0 Å². The van der Waals surface area contributed by atoms with Crippen LogP contribution in [0.25, 0.3) is 0 Å². The molecule has 0 aliphatic rings. The summed E-state index contributed by atoms with van der Waals surface area (Å²) in [4.78, 5) is 14.9. The summed E-state index contributed by atoms with van der Waals surface area (Å²) < 4.78 is 0. The third-order valence-electron chi connectivity index (χ3n) is 3.07. The summed E-state index contributed by atoms with van der Waals surface area (Å²) in [5.41, 5.74) is 2.19. The number of nitrogens with zero attached hydrogens (tertiary/aromatic N) is 3. The van der Waals surface area contributed by atoms with Crippen LogP contribution in [0.1, 0.15) is 18.9 Å². The first-order valence-electron chi connectivity index (χ1n) is 6.72. The van der Waals surface area contributed by atoms with Crippen LogP contribution in [0.5, 0.6) is 0 Å². The Balaban J connectivity index is 3.02. The molecule has 0 saturated carbocycles. The lowest BCUT2D eigenvalue weighted by Crippen LogP contribution is -2.32. The van der Waals surface area contributed by atoms with Crippen molar-refractivity contribution in [2.24, 2.45) is 0 Å². The molecular formula is C14H22BrN3O2. The van der Waals surface area contributed by atoms with E-state index in [4.69, 9.17) is 0 Å². The van der Waals surface area contributed by atoms with Gasteiger partial charge in [-0.3, -0.25) is 10.1 Å². The minimum absolute atomic E-state index is 0.146. The number of nitro benzene ring substituents is 1. The van der Waals surface area contributed by atoms with Gasteiger partial charge < -0.3 is 9.80 Å². The minimum atomic E-state index is -0.347. The van der Waals surface area contributed by atoms with Crippen molar-refractivity contribution in [1.82, 2.24) is 4.90 Å². The largest absolute Gasteiger partial charge is 0.370 e. The van der Waals surface area contributed by atoms with E-state index >= 15 is 0 Å². The second-order valence-corrected chi connectivity index (χ2v) is 5.55. The zero-order valence-corrected chi connectivity index (χ0v) is 13.9. The Morgan fingerprint density at radius 3 is 2.45 bits per heavy atom. The van der Waals surface area contributed by atoms with Gasteiger partial charge in [0.25, 0.3) is 5.69 Å². The molecule has 1 aromatic carbocycles. The van der Waals surface area contributed by atoms with Crippen LogP contribution in [0.4, 0.5) is 11.4 Å². The van der Waals surface area contributed by atoms with E-state index < -0.39 is 0 Å². The van der Waals surface area contributed by atoms with E-state index in [1.807, 2.05) is 20.2 Å². The molecule has 0 spiro atoms. The molecule has 0 unspecified atom stereocenters. The predicted molar refractivity (Wildman–Crippen MR) is 86.8 cm³/mol. The van der Waals surface area contributed by atoms with Gasteiger partial charge in [-0.2, -0.15) is 0 Å². The lowest BCUT2D eigenvalue weighted by atomic mass is 10.1. The Labute approximate surface area is 128 Å². The van der Waals surface area contributed by atoms with E-state index in [1.165, 1.54) is 0 Å². The van der Waals surface area contributed by atoms with E-state index in [-0.39, 0.29) is 10.6 Å². The predicted octanol–water partition coefficient (Wildman–Crippen LogP) is 3.27. The highest BCUT2D eigenvalue weighted by Gasteiger charge is 2.14. The van der Waals surface area contributed by atoms with Gasteiger partial charge in [-0.15, -0.1) is 0 Å². The van der Waals surface area contributed by atoms with Crippen molar-refractivity contribution < 1.29 is 4.92 Å². The molecule has 112 valence electrons. The fourth-order valence-corrected chi connectivity index (χ4v) is 2.49. The number of hydrogen-bond donors (Lipinski definition) is 0. The van der Waals surface area contributed by atoms with Crippen molar-refractivity contribution in [2.45, 2.75) is 18.7 Å². The molecule has 5 nitrogen and oxygen atoms in total. The number of likely N-dealkylation sites (N-methyl/N-ethyl adjacent to an activating group) is 1. The van der Waals surface area contributed by atoms with Crippen LogP contribution in [-0.2, 0) is 5.33 Å². The Bertz CT molecular complexity index is 452. The lowest BCUT2D eigenvalue weighted by Gasteiger charge is -2.27. The monoisotopic (exact) mass is 343 g/mol. The summed E-state index contributed by atoms with van der Waals surface area (Å²) in [6.45, 7) is 4.96. The van der Waals surface area contributed by atoms with Crippen molar-refractivity contribution >= 4 is 27.3 Å². The molecule has 0 amide bonds.